The molecule has 12 nitrogen and oxygen atoms in total. The molecule has 1 aliphatic rings. The normalized spacial score (nSPS) is 13.5. The van der Waals surface area contributed by atoms with E-state index in [1.807, 2.05) is 76.2 Å². The van der Waals surface area contributed by atoms with E-state index in [4.69, 9.17) is 9.47 Å². The smallest absolute Gasteiger partial charge is 0.271 e. The van der Waals surface area contributed by atoms with Crippen LogP contribution in [0.2, 0.25) is 0 Å². The minimum absolute atomic E-state index is 0.133. The summed E-state index contributed by atoms with van der Waals surface area (Å²) in [7, 11) is 1.52. The Morgan fingerprint density at radius 1 is 0.760 bits per heavy atom. The Morgan fingerprint density at radius 2 is 1.32 bits per heavy atom. The van der Waals surface area contributed by atoms with Crippen LogP contribution in [-0.2, 0) is 0 Å². The van der Waals surface area contributed by atoms with Crippen molar-refractivity contribution in [3.8, 4) is 11.5 Å². The number of amides is 4. The van der Waals surface area contributed by atoms with E-state index in [9.17, 15) is 19.2 Å². The summed E-state index contributed by atoms with van der Waals surface area (Å²) in [6, 6.07) is 18.9. The lowest BCUT2D eigenvalue weighted by Crippen LogP contribution is -2.30. The monoisotopic (exact) mass is 682 g/mol. The van der Waals surface area contributed by atoms with Crippen LogP contribution in [0.1, 0.15) is 110 Å². The molecule has 2 heterocycles. The van der Waals surface area contributed by atoms with Crippen LogP contribution in [0.3, 0.4) is 0 Å². The van der Waals surface area contributed by atoms with Gasteiger partial charge in [-0.25, -0.2) is 0 Å². The summed E-state index contributed by atoms with van der Waals surface area (Å²) in [5, 5.41) is 11.0. The molecule has 2 aromatic heterocycles. The molecule has 264 valence electrons. The number of H-pyrrole nitrogens is 2. The van der Waals surface area contributed by atoms with Crippen LogP contribution in [-0.4, -0.2) is 60.3 Å². The van der Waals surface area contributed by atoms with Crippen LogP contribution >= 0.6 is 0 Å². The molecule has 2 atom stereocenters. The third-order valence-corrected chi connectivity index (χ3v) is 8.68. The van der Waals surface area contributed by atoms with E-state index in [-0.39, 0.29) is 59.7 Å². The molecule has 6 N–H and O–H groups in total. The molecule has 5 rings (SSSR count). The van der Waals surface area contributed by atoms with Crippen molar-refractivity contribution < 1.29 is 28.7 Å². The molecule has 0 radical (unpaired) electrons. The Bertz CT molecular complexity index is 1810. The molecular weight excluding hydrogens is 636 g/mol. The highest BCUT2D eigenvalue weighted by atomic mass is 16.5. The molecule has 2 unspecified atom stereocenters. The van der Waals surface area contributed by atoms with Gasteiger partial charge in [0.2, 0.25) is 0 Å². The van der Waals surface area contributed by atoms with E-state index in [0.29, 0.717) is 24.6 Å². The summed E-state index contributed by atoms with van der Waals surface area (Å²) in [4.78, 5) is 57.5. The van der Waals surface area contributed by atoms with Gasteiger partial charge in [0.15, 0.2) is 11.5 Å². The highest BCUT2D eigenvalue weighted by Gasteiger charge is 2.35. The molecule has 0 bridgehead atoms. The van der Waals surface area contributed by atoms with Gasteiger partial charge in [-0.05, 0) is 69.2 Å². The lowest BCUT2D eigenvalue weighted by atomic mass is 9.99. The van der Waals surface area contributed by atoms with Crippen molar-refractivity contribution in [1.29, 1.82) is 0 Å². The number of hydrogen-bond donors (Lipinski definition) is 6. The lowest BCUT2D eigenvalue weighted by molar-refractivity contribution is 0.0934. The van der Waals surface area contributed by atoms with Crippen LogP contribution in [0.15, 0.2) is 60.7 Å². The average Bonchev–Trinajstić information content (AvgIpc) is 3.72. The first-order valence-corrected chi connectivity index (χ1v) is 17.1. The number of carbonyl (C=O) groups is 4. The average molecular weight is 683 g/mol. The van der Waals surface area contributed by atoms with E-state index in [1.165, 1.54) is 7.05 Å². The number of aromatic amines is 2. The summed E-state index contributed by atoms with van der Waals surface area (Å²) >= 11 is 0. The highest BCUT2D eigenvalue weighted by Crippen LogP contribution is 2.44. The van der Waals surface area contributed by atoms with Crippen LogP contribution < -0.4 is 30.7 Å². The fourth-order valence-corrected chi connectivity index (χ4v) is 6.03. The fourth-order valence-electron chi connectivity index (χ4n) is 6.03. The molecule has 0 aliphatic heterocycles. The maximum atomic E-state index is 13.3. The van der Waals surface area contributed by atoms with Crippen molar-refractivity contribution in [1.82, 2.24) is 31.2 Å². The molecular formula is C38H46N6O6. The summed E-state index contributed by atoms with van der Waals surface area (Å²) in [6.07, 6.45) is 1.87. The third-order valence-electron chi connectivity index (χ3n) is 8.68. The van der Waals surface area contributed by atoms with Crippen molar-refractivity contribution in [2.45, 2.75) is 59.2 Å². The van der Waals surface area contributed by atoms with Crippen molar-refractivity contribution >= 4 is 23.6 Å². The second-order valence-corrected chi connectivity index (χ2v) is 12.5. The quantitative estimate of drug-likeness (QED) is 0.0879. The van der Waals surface area contributed by atoms with E-state index < -0.39 is 17.7 Å². The number of aryl methyl sites for hydroxylation is 2. The molecule has 1 aliphatic carbocycles. The van der Waals surface area contributed by atoms with E-state index >= 15 is 0 Å². The molecule has 0 spiro atoms. The summed E-state index contributed by atoms with van der Waals surface area (Å²) in [6.45, 7) is 8.65. The van der Waals surface area contributed by atoms with Crippen molar-refractivity contribution in [3.05, 3.63) is 106 Å². The standard InChI is InChI=1S/C38H46N6O6/c1-6-40-35(45)27-20-29(49-24(4)31-22(2)12-10-13-23(31)3)33(44-27)38(48)42-19-11-18-41-36(46)28-21-30(32(43-28)37(47)39-5)50-34(26-16-17-26)25-14-8-7-9-15-25/h7-10,12-15,20-21,24,26,34,43-44H,6,11,16-19H2,1-5H3,(H,39,47)(H,40,45)(H,41,46)(H,42,48). The Hall–Kier alpha value is -5.52. The van der Waals surface area contributed by atoms with Gasteiger partial charge in [0.25, 0.3) is 23.6 Å². The maximum absolute atomic E-state index is 13.3. The predicted octanol–water partition coefficient (Wildman–Crippen LogP) is 5.29. The first-order valence-electron chi connectivity index (χ1n) is 17.1. The topological polar surface area (TPSA) is 166 Å². The fraction of sp³-hybridized carbons (Fsp3) is 0.368. The molecule has 1 fully saturated rings. The largest absolute Gasteiger partial charge is 0.484 e. The summed E-state index contributed by atoms with van der Waals surface area (Å²) < 4.78 is 12.6. The Kier molecular flexibility index (Phi) is 11.6. The molecule has 2 aromatic carbocycles. The van der Waals surface area contributed by atoms with Gasteiger partial charge in [-0.1, -0.05) is 48.5 Å². The third kappa shape index (κ3) is 8.55. The van der Waals surface area contributed by atoms with Crippen LogP contribution in [0.5, 0.6) is 11.5 Å². The van der Waals surface area contributed by atoms with Gasteiger partial charge in [0.1, 0.15) is 35.0 Å². The number of aromatic nitrogens is 2. The van der Waals surface area contributed by atoms with Crippen LogP contribution in [0, 0.1) is 19.8 Å². The van der Waals surface area contributed by atoms with Gasteiger partial charge in [-0.3, -0.25) is 19.2 Å². The second-order valence-electron chi connectivity index (χ2n) is 12.5. The van der Waals surface area contributed by atoms with Gasteiger partial charge < -0.3 is 40.7 Å². The van der Waals surface area contributed by atoms with Crippen LogP contribution in [0.4, 0.5) is 0 Å². The minimum atomic E-state index is -0.444. The number of hydrogen-bond acceptors (Lipinski definition) is 6. The van der Waals surface area contributed by atoms with E-state index in [2.05, 4.69) is 31.2 Å². The number of carbonyl (C=O) groups excluding carboxylic acids is 4. The van der Waals surface area contributed by atoms with Crippen molar-refractivity contribution in [2.24, 2.45) is 5.92 Å². The van der Waals surface area contributed by atoms with Gasteiger partial charge in [-0.15, -0.1) is 0 Å². The SMILES string of the molecule is CCNC(=O)c1cc(OC(C)c2c(C)cccc2C)c(C(=O)NCCCNC(=O)c2cc(OC(c3ccccc3)C3CC3)c(C(=O)NC)[nH]2)[nH]1. The summed E-state index contributed by atoms with van der Waals surface area (Å²) in [5.74, 6) is -0.681. The Labute approximate surface area is 292 Å². The molecule has 50 heavy (non-hydrogen) atoms. The zero-order valence-corrected chi connectivity index (χ0v) is 29.2. The van der Waals surface area contributed by atoms with Crippen molar-refractivity contribution in [3.63, 3.8) is 0 Å². The first-order chi connectivity index (χ1) is 24.1. The molecule has 12 heteroatoms. The van der Waals surface area contributed by atoms with Crippen LogP contribution in [0.25, 0.3) is 0 Å². The van der Waals surface area contributed by atoms with E-state index in [1.54, 1.807) is 12.1 Å². The Balaban J connectivity index is 1.19. The number of ether oxygens (including phenoxy) is 2. The first kappa shape index (κ1) is 35.8. The molecule has 0 saturated heterocycles. The van der Waals surface area contributed by atoms with Gasteiger partial charge in [0, 0.05) is 44.7 Å². The number of nitrogens with one attached hydrogen (secondary N) is 6. The Morgan fingerprint density at radius 3 is 1.90 bits per heavy atom. The molecule has 4 aromatic rings. The lowest BCUT2D eigenvalue weighted by Gasteiger charge is -2.19. The zero-order valence-electron chi connectivity index (χ0n) is 29.2. The molecule has 1 saturated carbocycles. The minimum Gasteiger partial charge on any atom is -0.484 e. The van der Waals surface area contributed by atoms with Gasteiger partial charge >= 0.3 is 0 Å². The zero-order chi connectivity index (χ0) is 35.8. The highest BCUT2D eigenvalue weighted by molar-refractivity contribution is 6.00. The second kappa shape index (κ2) is 16.3. The maximum Gasteiger partial charge on any atom is 0.271 e. The van der Waals surface area contributed by atoms with Crippen molar-refractivity contribution in [2.75, 3.05) is 26.7 Å². The number of rotatable bonds is 16. The summed E-state index contributed by atoms with van der Waals surface area (Å²) in [5.41, 5.74) is 4.86. The predicted molar refractivity (Wildman–Crippen MR) is 190 cm³/mol. The number of benzene rings is 2. The van der Waals surface area contributed by atoms with E-state index in [0.717, 1.165) is 35.1 Å². The molecule has 4 amide bonds. The van der Waals surface area contributed by atoms with Gasteiger partial charge in [0.05, 0.1) is 0 Å². The van der Waals surface area contributed by atoms with Gasteiger partial charge in [-0.2, -0.15) is 0 Å².